The number of methoxy groups -OCH3 is 1. The number of carbonyl (C=O) groups excluding carboxylic acids is 1. The molecule has 0 saturated carbocycles. The molecule has 0 bridgehead atoms. The van der Waals surface area contributed by atoms with Crippen LogP contribution in [0.15, 0.2) is 0 Å². The summed E-state index contributed by atoms with van der Waals surface area (Å²) in [7, 11) is 3.18. The van der Waals surface area contributed by atoms with Crippen molar-refractivity contribution in [3.05, 3.63) is 0 Å². The van der Waals surface area contributed by atoms with Crippen molar-refractivity contribution >= 4 is 5.97 Å². The second-order valence-electron chi connectivity index (χ2n) is 2.68. The predicted octanol–water partition coefficient (Wildman–Crippen LogP) is 0.793. The molecule has 66 valence electrons. The van der Waals surface area contributed by atoms with Crippen LogP contribution < -0.4 is 5.32 Å². The molecular formula is C8H17NO2. The van der Waals surface area contributed by atoms with Gasteiger partial charge in [-0.15, -0.1) is 0 Å². The van der Waals surface area contributed by atoms with Crippen LogP contribution in [0.5, 0.6) is 0 Å². The van der Waals surface area contributed by atoms with Crippen LogP contribution in [0.25, 0.3) is 0 Å². The van der Waals surface area contributed by atoms with E-state index in [9.17, 15) is 4.79 Å². The van der Waals surface area contributed by atoms with Crippen molar-refractivity contribution in [1.82, 2.24) is 5.32 Å². The summed E-state index contributed by atoms with van der Waals surface area (Å²) >= 11 is 0. The Bertz CT molecular complexity index is 125. The molecule has 0 aromatic carbocycles. The van der Waals surface area contributed by atoms with Crippen molar-refractivity contribution in [2.75, 3.05) is 14.2 Å². The first-order chi connectivity index (χ1) is 5.17. The first-order valence-electron chi connectivity index (χ1n) is 3.92. The van der Waals surface area contributed by atoms with E-state index >= 15 is 0 Å². The summed E-state index contributed by atoms with van der Waals surface area (Å²) in [4.78, 5) is 11.1. The van der Waals surface area contributed by atoms with Crippen LogP contribution in [-0.4, -0.2) is 26.2 Å². The van der Waals surface area contributed by atoms with Gasteiger partial charge in [-0.3, -0.25) is 4.79 Å². The van der Waals surface area contributed by atoms with Gasteiger partial charge in [0.2, 0.25) is 0 Å². The lowest BCUT2D eigenvalue weighted by molar-refractivity contribution is -0.144. The van der Waals surface area contributed by atoms with Crippen molar-refractivity contribution in [3.8, 4) is 0 Å². The summed E-state index contributed by atoms with van der Waals surface area (Å²) < 4.78 is 4.62. The van der Waals surface area contributed by atoms with Crippen LogP contribution in [0.4, 0.5) is 0 Å². The normalized spacial score (nSPS) is 15.6. The molecule has 0 rings (SSSR count). The standard InChI is InChI=1S/C8H17NO2/c1-5-6(2)7(9-3)8(10)11-4/h6-7,9H,5H2,1-4H3/t6-,7-/m1/s1. The molecule has 3 heteroatoms. The Labute approximate surface area is 68.1 Å². The van der Waals surface area contributed by atoms with Gasteiger partial charge in [-0.2, -0.15) is 0 Å². The molecule has 0 saturated heterocycles. The number of esters is 1. The van der Waals surface area contributed by atoms with Crippen molar-refractivity contribution in [2.24, 2.45) is 5.92 Å². The summed E-state index contributed by atoms with van der Waals surface area (Å²) in [6, 6.07) is -0.162. The zero-order chi connectivity index (χ0) is 8.85. The third-order valence-electron chi connectivity index (χ3n) is 1.98. The summed E-state index contributed by atoms with van der Waals surface area (Å²) in [6.07, 6.45) is 0.973. The van der Waals surface area contributed by atoms with Gasteiger partial charge in [0, 0.05) is 0 Å². The highest BCUT2D eigenvalue weighted by Crippen LogP contribution is 2.07. The van der Waals surface area contributed by atoms with E-state index in [0.29, 0.717) is 5.92 Å². The van der Waals surface area contributed by atoms with Gasteiger partial charge in [0.25, 0.3) is 0 Å². The average molecular weight is 159 g/mol. The molecular weight excluding hydrogens is 142 g/mol. The summed E-state index contributed by atoms with van der Waals surface area (Å²) in [5.41, 5.74) is 0. The molecule has 0 aliphatic rings. The van der Waals surface area contributed by atoms with E-state index in [1.165, 1.54) is 7.11 Å². The Morgan fingerprint density at radius 2 is 2.18 bits per heavy atom. The maximum absolute atomic E-state index is 11.1. The molecule has 0 aliphatic carbocycles. The van der Waals surface area contributed by atoms with Crippen LogP contribution in [0.3, 0.4) is 0 Å². The van der Waals surface area contributed by atoms with Gasteiger partial charge in [-0.05, 0) is 13.0 Å². The smallest absolute Gasteiger partial charge is 0.323 e. The molecule has 11 heavy (non-hydrogen) atoms. The molecule has 2 atom stereocenters. The van der Waals surface area contributed by atoms with E-state index in [2.05, 4.69) is 17.0 Å². The van der Waals surface area contributed by atoms with Crippen LogP contribution in [0.2, 0.25) is 0 Å². The lowest BCUT2D eigenvalue weighted by atomic mass is 10.00. The average Bonchev–Trinajstić information content (AvgIpc) is 2.05. The van der Waals surface area contributed by atoms with Crippen LogP contribution in [0, 0.1) is 5.92 Å². The Hall–Kier alpha value is -0.570. The number of likely N-dealkylation sites (N-methyl/N-ethyl adjacent to an activating group) is 1. The van der Waals surface area contributed by atoms with Gasteiger partial charge in [0.1, 0.15) is 6.04 Å². The molecule has 0 aromatic heterocycles. The van der Waals surface area contributed by atoms with Crippen LogP contribution >= 0.6 is 0 Å². The highest BCUT2D eigenvalue weighted by atomic mass is 16.5. The van der Waals surface area contributed by atoms with Crippen LogP contribution in [-0.2, 0) is 9.53 Å². The quantitative estimate of drug-likeness (QED) is 0.616. The molecule has 0 unspecified atom stereocenters. The minimum absolute atomic E-state index is 0.162. The number of carbonyl (C=O) groups is 1. The van der Waals surface area contributed by atoms with Crippen molar-refractivity contribution < 1.29 is 9.53 Å². The molecule has 0 spiro atoms. The maximum Gasteiger partial charge on any atom is 0.323 e. The van der Waals surface area contributed by atoms with E-state index in [4.69, 9.17) is 0 Å². The lowest BCUT2D eigenvalue weighted by Gasteiger charge is -2.19. The fourth-order valence-electron chi connectivity index (χ4n) is 0.997. The van der Waals surface area contributed by atoms with E-state index < -0.39 is 0 Å². The Kier molecular flexibility index (Phi) is 4.86. The second kappa shape index (κ2) is 5.13. The van der Waals surface area contributed by atoms with Gasteiger partial charge in [-0.25, -0.2) is 0 Å². The third kappa shape index (κ3) is 2.89. The molecule has 0 aliphatic heterocycles. The first kappa shape index (κ1) is 10.4. The molecule has 0 aromatic rings. The monoisotopic (exact) mass is 159 g/mol. The number of rotatable bonds is 4. The Morgan fingerprint density at radius 1 is 1.64 bits per heavy atom. The molecule has 1 N–H and O–H groups in total. The molecule has 0 radical (unpaired) electrons. The van der Waals surface area contributed by atoms with Gasteiger partial charge < -0.3 is 10.1 Å². The first-order valence-corrected chi connectivity index (χ1v) is 3.92. The molecule has 0 heterocycles. The summed E-state index contributed by atoms with van der Waals surface area (Å²) in [6.45, 7) is 4.08. The summed E-state index contributed by atoms with van der Waals surface area (Å²) in [5.74, 6) is 0.148. The highest BCUT2D eigenvalue weighted by Gasteiger charge is 2.22. The highest BCUT2D eigenvalue weighted by molar-refractivity contribution is 5.75. The second-order valence-corrected chi connectivity index (χ2v) is 2.68. The predicted molar refractivity (Wildman–Crippen MR) is 44.3 cm³/mol. The fraction of sp³-hybridized carbons (Fsp3) is 0.875. The van der Waals surface area contributed by atoms with Gasteiger partial charge in [0.15, 0.2) is 0 Å². The van der Waals surface area contributed by atoms with Gasteiger partial charge >= 0.3 is 5.97 Å². The number of hydrogen-bond acceptors (Lipinski definition) is 3. The van der Waals surface area contributed by atoms with Crippen molar-refractivity contribution in [3.63, 3.8) is 0 Å². The largest absolute Gasteiger partial charge is 0.468 e. The molecule has 0 fully saturated rings. The zero-order valence-corrected chi connectivity index (χ0v) is 7.68. The van der Waals surface area contributed by atoms with Gasteiger partial charge in [0.05, 0.1) is 7.11 Å². The maximum atomic E-state index is 11.1. The number of nitrogens with one attached hydrogen (secondary N) is 1. The van der Waals surface area contributed by atoms with Gasteiger partial charge in [-0.1, -0.05) is 20.3 Å². The van der Waals surface area contributed by atoms with E-state index in [-0.39, 0.29) is 12.0 Å². The minimum atomic E-state index is -0.179. The summed E-state index contributed by atoms with van der Waals surface area (Å²) in [5, 5.41) is 2.93. The molecule has 3 nitrogen and oxygen atoms in total. The zero-order valence-electron chi connectivity index (χ0n) is 7.68. The minimum Gasteiger partial charge on any atom is -0.468 e. The third-order valence-corrected chi connectivity index (χ3v) is 1.98. The molecule has 0 amide bonds. The Balaban J connectivity index is 4.03. The fourth-order valence-corrected chi connectivity index (χ4v) is 0.997. The van der Waals surface area contributed by atoms with E-state index in [0.717, 1.165) is 6.42 Å². The number of hydrogen-bond donors (Lipinski definition) is 1. The SMILES string of the molecule is CC[C@@H](C)[C@@H](NC)C(=O)OC. The van der Waals surface area contributed by atoms with E-state index in [1.807, 2.05) is 6.92 Å². The van der Waals surface area contributed by atoms with Crippen molar-refractivity contribution in [1.29, 1.82) is 0 Å². The van der Waals surface area contributed by atoms with Crippen molar-refractivity contribution in [2.45, 2.75) is 26.3 Å². The Morgan fingerprint density at radius 3 is 2.45 bits per heavy atom. The number of ether oxygens (including phenoxy) is 1. The topological polar surface area (TPSA) is 38.3 Å². The lowest BCUT2D eigenvalue weighted by Crippen LogP contribution is -2.40. The van der Waals surface area contributed by atoms with E-state index in [1.54, 1.807) is 7.05 Å². The van der Waals surface area contributed by atoms with Crippen LogP contribution in [0.1, 0.15) is 20.3 Å².